The van der Waals surface area contributed by atoms with Gasteiger partial charge in [0.15, 0.2) is 0 Å². The number of allylic oxidation sites excluding steroid dienone is 1. The van der Waals surface area contributed by atoms with Gasteiger partial charge in [0.25, 0.3) is 6.47 Å². The van der Waals surface area contributed by atoms with Gasteiger partial charge in [-0.3, -0.25) is 9.78 Å². The predicted octanol–water partition coefficient (Wildman–Crippen LogP) is 3.37. The van der Waals surface area contributed by atoms with Crippen LogP contribution in [-0.2, 0) is 11.2 Å². The molecular formula is C16H24N2O2. The first-order valence-corrected chi connectivity index (χ1v) is 7.20. The van der Waals surface area contributed by atoms with Crippen LogP contribution in [0.25, 0.3) is 6.08 Å². The number of anilines is 1. The smallest absolute Gasteiger partial charge is 0.290 e. The van der Waals surface area contributed by atoms with Crippen molar-refractivity contribution in [3.63, 3.8) is 0 Å². The van der Waals surface area contributed by atoms with E-state index >= 15 is 0 Å². The van der Waals surface area contributed by atoms with Crippen LogP contribution in [0.3, 0.4) is 0 Å². The molecule has 0 saturated carbocycles. The molecule has 20 heavy (non-hydrogen) atoms. The molecule has 0 atom stereocenters. The molecule has 1 fully saturated rings. The highest BCUT2D eigenvalue weighted by Gasteiger charge is 2.15. The van der Waals surface area contributed by atoms with Gasteiger partial charge in [-0.05, 0) is 38.2 Å². The molecule has 0 spiro atoms. The third kappa shape index (κ3) is 4.37. The van der Waals surface area contributed by atoms with Crippen molar-refractivity contribution in [2.45, 2.75) is 39.5 Å². The number of carboxylic acid groups (broad SMARTS) is 1. The van der Waals surface area contributed by atoms with Gasteiger partial charge in [-0.1, -0.05) is 19.1 Å². The number of hydrogen-bond acceptors (Lipinski definition) is 3. The van der Waals surface area contributed by atoms with E-state index in [0.29, 0.717) is 0 Å². The number of aryl methyl sites for hydroxylation is 1. The standard InChI is InChI=1S/C15H22N2.CH2O2/c1-3-8-14-13(4-2)11-16-12-15(14)17-9-6-5-7-10-17;2-1-3/h3,8,11-12H,4-7,9-10H2,1-2H3;1H,(H,2,3)/b8-3-;. The molecule has 0 bridgehead atoms. The van der Waals surface area contributed by atoms with Gasteiger partial charge in [0, 0.05) is 24.8 Å². The van der Waals surface area contributed by atoms with Gasteiger partial charge >= 0.3 is 0 Å². The summed E-state index contributed by atoms with van der Waals surface area (Å²) in [5.74, 6) is 0. The summed E-state index contributed by atoms with van der Waals surface area (Å²) in [6.07, 6.45) is 13.4. The van der Waals surface area contributed by atoms with E-state index in [1.807, 2.05) is 12.4 Å². The van der Waals surface area contributed by atoms with Crippen molar-refractivity contribution in [2.24, 2.45) is 0 Å². The SMILES string of the molecule is C/C=C\c1c(CC)cncc1N1CCCCC1.O=CO. The van der Waals surface area contributed by atoms with E-state index in [1.54, 1.807) is 0 Å². The Labute approximate surface area is 121 Å². The van der Waals surface area contributed by atoms with E-state index in [2.05, 4.69) is 35.9 Å². The Balaban J connectivity index is 0.000000612. The molecule has 1 aliphatic rings. The summed E-state index contributed by atoms with van der Waals surface area (Å²) in [5, 5.41) is 6.89. The van der Waals surface area contributed by atoms with E-state index in [4.69, 9.17) is 9.90 Å². The Morgan fingerprint density at radius 2 is 1.95 bits per heavy atom. The van der Waals surface area contributed by atoms with Crippen molar-refractivity contribution in [3.05, 3.63) is 29.6 Å². The number of hydrogen-bond donors (Lipinski definition) is 1. The second-order valence-electron chi connectivity index (χ2n) is 4.74. The molecule has 0 amide bonds. The minimum atomic E-state index is -0.250. The normalized spacial score (nSPS) is 14.8. The van der Waals surface area contributed by atoms with Gasteiger partial charge in [-0.25, -0.2) is 0 Å². The molecular weight excluding hydrogens is 252 g/mol. The highest BCUT2D eigenvalue weighted by atomic mass is 16.3. The monoisotopic (exact) mass is 276 g/mol. The topological polar surface area (TPSA) is 53.4 Å². The fourth-order valence-electron chi connectivity index (χ4n) is 2.53. The molecule has 1 N–H and O–H groups in total. The summed E-state index contributed by atoms with van der Waals surface area (Å²) in [7, 11) is 0. The summed E-state index contributed by atoms with van der Waals surface area (Å²) in [4.78, 5) is 15.3. The number of aromatic nitrogens is 1. The zero-order chi connectivity index (χ0) is 14.8. The van der Waals surface area contributed by atoms with Crippen molar-refractivity contribution in [1.82, 2.24) is 4.98 Å². The third-order valence-corrected chi connectivity index (χ3v) is 3.46. The van der Waals surface area contributed by atoms with Crippen molar-refractivity contribution in [2.75, 3.05) is 18.0 Å². The van der Waals surface area contributed by atoms with E-state index in [-0.39, 0.29) is 6.47 Å². The fraction of sp³-hybridized carbons (Fsp3) is 0.500. The lowest BCUT2D eigenvalue weighted by Crippen LogP contribution is -2.30. The van der Waals surface area contributed by atoms with Gasteiger partial charge in [0.05, 0.1) is 11.9 Å². The average molecular weight is 276 g/mol. The number of carbonyl (C=O) groups is 1. The third-order valence-electron chi connectivity index (χ3n) is 3.46. The minimum Gasteiger partial charge on any atom is -0.483 e. The first kappa shape index (κ1) is 16.2. The molecule has 0 unspecified atom stereocenters. The predicted molar refractivity (Wildman–Crippen MR) is 83.1 cm³/mol. The van der Waals surface area contributed by atoms with Gasteiger partial charge in [0.1, 0.15) is 0 Å². The first-order valence-electron chi connectivity index (χ1n) is 7.20. The Morgan fingerprint density at radius 1 is 1.30 bits per heavy atom. The Morgan fingerprint density at radius 3 is 2.50 bits per heavy atom. The molecule has 1 aromatic heterocycles. The summed E-state index contributed by atoms with van der Waals surface area (Å²) >= 11 is 0. The van der Waals surface area contributed by atoms with Crippen LogP contribution in [0.2, 0.25) is 0 Å². The quantitative estimate of drug-likeness (QED) is 0.860. The highest BCUT2D eigenvalue weighted by Crippen LogP contribution is 2.27. The molecule has 4 heteroatoms. The van der Waals surface area contributed by atoms with Gasteiger partial charge < -0.3 is 10.0 Å². The average Bonchev–Trinajstić information content (AvgIpc) is 2.49. The van der Waals surface area contributed by atoms with Gasteiger partial charge in [0.2, 0.25) is 0 Å². The lowest BCUT2D eigenvalue weighted by Gasteiger charge is -2.30. The zero-order valence-electron chi connectivity index (χ0n) is 12.4. The van der Waals surface area contributed by atoms with Crippen LogP contribution in [-0.4, -0.2) is 29.7 Å². The van der Waals surface area contributed by atoms with Crippen LogP contribution in [0.4, 0.5) is 5.69 Å². The highest BCUT2D eigenvalue weighted by molar-refractivity contribution is 5.69. The van der Waals surface area contributed by atoms with Crippen molar-refractivity contribution in [3.8, 4) is 0 Å². The molecule has 0 radical (unpaired) electrons. The number of pyridine rings is 1. The molecule has 1 aliphatic heterocycles. The van der Waals surface area contributed by atoms with Gasteiger partial charge in [-0.15, -0.1) is 0 Å². The van der Waals surface area contributed by atoms with E-state index < -0.39 is 0 Å². The fourth-order valence-corrected chi connectivity index (χ4v) is 2.53. The van der Waals surface area contributed by atoms with E-state index in [9.17, 15) is 0 Å². The molecule has 1 saturated heterocycles. The molecule has 1 aromatic rings. The van der Waals surface area contributed by atoms with Crippen LogP contribution in [0, 0.1) is 0 Å². The molecule has 4 nitrogen and oxygen atoms in total. The number of nitrogens with zero attached hydrogens (tertiary/aromatic N) is 2. The Bertz CT molecular complexity index is 438. The van der Waals surface area contributed by atoms with Gasteiger partial charge in [-0.2, -0.15) is 0 Å². The second-order valence-corrected chi connectivity index (χ2v) is 4.74. The molecule has 0 aliphatic carbocycles. The Hall–Kier alpha value is -1.84. The molecule has 2 rings (SSSR count). The van der Waals surface area contributed by atoms with Crippen LogP contribution >= 0.6 is 0 Å². The van der Waals surface area contributed by atoms with E-state index in [1.165, 1.54) is 49.2 Å². The molecule has 2 heterocycles. The maximum Gasteiger partial charge on any atom is 0.290 e. The minimum absolute atomic E-state index is 0.250. The molecule has 110 valence electrons. The summed E-state index contributed by atoms with van der Waals surface area (Å²) in [5.41, 5.74) is 4.04. The van der Waals surface area contributed by atoms with Crippen LogP contribution in [0.1, 0.15) is 44.2 Å². The molecule has 0 aromatic carbocycles. The lowest BCUT2D eigenvalue weighted by atomic mass is 10.0. The maximum absolute atomic E-state index is 8.36. The van der Waals surface area contributed by atoms with Crippen LogP contribution < -0.4 is 4.90 Å². The maximum atomic E-state index is 8.36. The zero-order valence-corrected chi connectivity index (χ0v) is 12.4. The number of piperidine rings is 1. The number of rotatable bonds is 3. The first-order chi connectivity index (χ1) is 9.78. The lowest BCUT2D eigenvalue weighted by molar-refractivity contribution is -0.122. The van der Waals surface area contributed by atoms with Crippen LogP contribution in [0.5, 0.6) is 0 Å². The van der Waals surface area contributed by atoms with Crippen molar-refractivity contribution in [1.29, 1.82) is 0 Å². The van der Waals surface area contributed by atoms with Crippen molar-refractivity contribution >= 4 is 18.2 Å². The second kappa shape index (κ2) is 9.13. The Kier molecular flexibility index (Phi) is 7.40. The van der Waals surface area contributed by atoms with E-state index in [0.717, 1.165) is 6.42 Å². The summed E-state index contributed by atoms with van der Waals surface area (Å²) in [6, 6.07) is 0. The van der Waals surface area contributed by atoms with Crippen molar-refractivity contribution < 1.29 is 9.90 Å². The summed E-state index contributed by atoms with van der Waals surface area (Å²) < 4.78 is 0. The summed E-state index contributed by atoms with van der Waals surface area (Å²) in [6.45, 7) is 6.39. The van der Waals surface area contributed by atoms with Crippen LogP contribution in [0.15, 0.2) is 18.5 Å². The largest absolute Gasteiger partial charge is 0.483 e.